The molecule has 1 N–H and O–H groups in total. The van der Waals surface area contributed by atoms with E-state index < -0.39 is 11.6 Å². The van der Waals surface area contributed by atoms with Crippen molar-refractivity contribution >= 4 is 6.09 Å². The molecule has 0 fully saturated rings. The molecule has 4 heteroatoms. The van der Waals surface area contributed by atoms with Crippen molar-refractivity contribution < 1.29 is 9.53 Å². The van der Waals surface area contributed by atoms with E-state index in [1.807, 2.05) is 36.4 Å². The van der Waals surface area contributed by atoms with Gasteiger partial charge in [-0.05, 0) is 19.4 Å². The Morgan fingerprint density at radius 2 is 2.06 bits per heavy atom. The number of amides is 1. The molecular formula is C13H16N2O2. The lowest BCUT2D eigenvalue weighted by Gasteiger charge is -2.22. The van der Waals surface area contributed by atoms with E-state index in [9.17, 15) is 4.79 Å². The zero-order chi connectivity index (χ0) is 12.7. The Bertz CT molecular complexity index is 407. The maximum absolute atomic E-state index is 11.5. The van der Waals surface area contributed by atoms with Gasteiger partial charge in [0.2, 0.25) is 0 Å². The minimum Gasteiger partial charge on any atom is -0.445 e. The molecule has 17 heavy (non-hydrogen) atoms. The highest BCUT2D eigenvalue weighted by atomic mass is 16.5. The maximum Gasteiger partial charge on any atom is 0.407 e. The number of ether oxygens (including phenoxy) is 1. The molecule has 0 atom stereocenters. The Morgan fingerprint density at radius 3 is 2.65 bits per heavy atom. The SMILES string of the molecule is CC(C)(CC#N)NC(=O)OCc1ccccc1. The second-order valence-corrected chi connectivity index (χ2v) is 4.41. The fourth-order valence-electron chi connectivity index (χ4n) is 1.28. The van der Waals surface area contributed by atoms with Gasteiger partial charge in [-0.2, -0.15) is 5.26 Å². The van der Waals surface area contributed by atoms with Crippen LogP contribution in [-0.4, -0.2) is 11.6 Å². The largest absolute Gasteiger partial charge is 0.445 e. The Balaban J connectivity index is 2.39. The summed E-state index contributed by atoms with van der Waals surface area (Å²) in [5.74, 6) is 0. The highest BCUT2D eigenvalue weighted by Gasteiger charge is 2.20. The molecule has 1 rings (SSSR count). The summed E-state index contributed by atoms with van der Waals surface area (Å²) in [5, 5.41) is 11.2. The fraction of sp³-hybridized carbons (Fsp3) is 0.385. The number of hydrogen-bond donors (Lipinski definition) is 1. The molecule has 0 saturated carbocycles. The van der Waals surface area contributed by atoms with Crippen molar-refractivity contribution in [1.29, 1.82) is 5.26 Å². The van der Waals surface area contributed by atoms with Crippen molar-refractivity contribution in [3.05, 3.63) is 35.9 Å². The second kappa shape index (κ2) is 5.90. The highest BCUT2D eigenvalue weighted by Crippen LogP contribution is 2.08. The van der Waals surface area contributed by atoms with Gasteiger partial charge in [0.1, 0.15) is 6.61 Å². The van der Waals surface area contributed by atoms with Gasteiger partial charge >= 0.3 is 6.09 Å². The third-order valence-corrected chi connectivity index (χ3v) is 2.17. The molecule has 0 aliphatic heterocycles. The number of nitriles is 1. The minimum absolute atomic E-state index is 0.231. The first-order valence-electron chi connectivity index (χ1n) is 5.39. The average molecular weight is 232 g/mol. The van der Waals surface area contributed by atoms with Gasteiger partial charge in [-0.1, -0.05) is 30.3 Å². The molecule has 0 aromatic heterocycles. The quantitative estimate of drug-likeness (QED) is 0.867. The van der Waals surface area contributed by atoms with E-state index in [-0.39, 0.29) is 13.0 Å². The predicted octanol–water partition coefficient (Wildman–Crippen LogP) is 2.61. The van der Waals surface area contributed by atoms with Gasteiger partial charge in [0.15, 0.2) is 0 Å². The van der Waals surface area contributed by atoms with Crippen LogP contribution >= 0.6 is 0 Å². The van der Waals surface area contributed by atoms with E-state index in [4.69, 9.17) is 10.00 Å². The van der Waals surface area contributed by atoms with Gasteiger partial charge in [-0.15, -0.1) is 0 Å². The zero-order valence-corrected chi connectivity index (χ0v) is 10.1. The van der Waals surface area contributed by atoms with Crippen LogP contribution in [0.3, 0.4) is 0 Å². The number of benzene rings is 1. The number of nitrogens with zero attached hydrogens (tertiary/aromatic N) is 1. The number of rotatable bonds is 4. The Morgan fingerprint density at radius 1 is 1.41 bits per heavy atom. The lowest BCUT2D eigenvalue weighted by Crippen LogP contribution is -2.43. The molecule has 4 nitrogen and oxygen atoms in total. The van der Waals surface area contributed by atoms with Crippen LogP contribution in [0, 0.1) is 11.3 Å². The summed E-state index contributed by atoms with van der Waals surface area (Å²) in [5.41, 5.74) is 0.364. The van der Waals surface area contributed by atoms with E-state index in [2.05, 4.69) is 5.32 Å². The van der Waals surface area contributed by atoms with Crippen LogP contribution in [0.1, 0.15) is 25.8 Å². The summed E-state index contributed by atoms with van der Waals surface area (Å²) < 4.78 is 5.05. The van der Waals surface area contributed by atoms with E-state index in [0.29, 0.717) is 0 Å². The van der Waals surface area contributed by atoms with Gasteiger partial charge in [-0.3, -0.25) is 0 Å². The maximum atomic E-state index is 11.5. The van der Waals surface area contributed by atoms with Crippen LogP contribution in [0.25, 0.3) is 0 Å². The highest BCUT2D eigenvalue weighted by molar-refractivity contribution is 5.68. The predicted molar refractivity (Wildman–Crippen MR) is 64.1 cm³/mol. The molecule has 1 aromatic carbocycles. The fourth-order valence-corrected chi connectivity index (χ4v) is 1.28. The molecular weight excluding hydrogens is 216 g/mol. The van der Waals surface area contributed by atoms with Crippen molar-refractivity contribution in [2.24, 2.45) is 0 Å². The lowest BCUT2D eigenvalue weighted by atomic mass is 10.0. The van der Waals surface area contributed by atoms with Gasteiger partial charge < -0.3 is 10.1 Å². The third-order valence-electron chi connectivity index (χ3n) is 2.17. The van der Waals surface area contributed by atoms with Crippen molar-refractivity contribution in [3.63, 3.8) is 0 Å². The normalized spacial score (nSPS) is 10.4. The van der Waals surface area contributed by atoms with Crippen LogP contribution in [0.15, 0.2) is 30.3 Å². The Labute approximate surface area is 101 Å². The Hall–Kier alpha value is -2.02. The zero-order valence-electron chi connectivity index (χ0n) is 10.1. The van der Waals surface area contributed by atoms with Crippen LogP contribution in [0.4, 0.5) is 4.79 Å². The van der Waals surface area contributed by atoms with E-state index in [1.54, 1.807) is 13.8 Å². The molecule has 0 heterocycles. The molecule has 0 unspecified atom stereocenters. The van der Waals surface area contributed by atoms with Gasteiger partial charge in [-0.25, -0.2) is 4.79 Å². The summed E-state index contributed by atoms with van der Waals surface area (Å²) in [6.07, 6.45) is -0.262. The summed E-state index contributed by atoms with van der Waals surface area (Å²) in [6.45, 7) is 3.79. The van der Waals surface area contributed by atoms with E-state index >= 15 is 0 Å². The monoisotopic (exact) mass is 232 g/mol. The number of carbonyl (C=O) groups excluding carboxylic acids is 1. The van der Waals surface area contributed by atoms with Crippen molar-refractivity contribution in [3.8, 4) is 6.07 Å². The first kappa shape index (κ1) is 13.0. The summed E-state index contributed by atoms with van der Waals surface area (Å²) in [7, 11) is 0. The summed E-state index contributed by atoms with van der Waals surface area (Å²) in [4.78, 5) is 11.5. The molecule has 0 aliphatic rings. The molecule has 0 saturated heterocycles. The van der Waals surface area contributed by atoms with Crippen molar-refractivity contribution in [1.82, 2.24) is 5.32 Å². The van der Waals surface area contributed by atoms with E-state index in [1.165, 1.54) is 0 Å². The Kier molecular flexibility index (Phi) is 4.53. The molecule has 0 bridgehead atoms. The first-order valence-corrected chi connectivity index (χ1v) is 5.39. The minimum atomic E-state index is -0.567. The number of hydrogen-bond acceptors (Lipinski definition) is 3. The first-order chi connectivity index (χ1) is 8.03. The summed E-state index contributed by atoms with van der Waals surface area (Å²) in [6, 6.07) is 11.5. The summed E-state index contributed by atoms with van der Waals surface area (Å²) >= 11 is 0. The standard InChI is InChI=1S/C13H16N2O2/c1-13(2,8-9-14)15-12(16)17-10-11-6-4-3-5-7-11/h3-7H,8,10H2,1-2H3,(H,15,16). The number of nitrogens with one attached hydrogen (secondary N) is 1. The third kappa shape index (κ3) is 5.03. The van der Waals surface area contributed by atoms with Crippen LogP contribution in [0.2, 0.25) is 0 Å². The molecule has 1 aromatic rings. The molecule has 90 valence electrons. The van der Waals surface area contributed by atoms with Crippen LogP contribution in [-0.2, 0) is 11.3 Å². The number of carbonyl (C=O) groups is 1. The van der Waals surface area contributed by atoms with E-state index in [0.717, 1.165) is 5.56 Å². The molecule has 0 aliphatic carbocycles. The van der Waals surface area contributed by atoms with Gasteiger partial charge in [0.05, 0.1) is 18.0 Å². The van der Waals surface area contributed by atoms with Crippen LogP contribution in [0.5, 0.6) is 0 Å². The van der Waals surface area contributed by atoms with Gasteiger partial charge in [0.25, 0.3) is 0 Å². The smallest absolute Gasteiger partial charge is 0.407 e. The van der Waals surface area contributed by atoms with Crippen LogP contribution < -0.4 is 5.32 Å². The topological polar surface area (TPSA) is 62.1 Å². The molecule has 0 spiro atoms. The average Bonchev–Trinajstić information content (AvgIpc) is 2.27. The van der Waals surface area contributed by atoms with Crippen molar-refractivity contribution in [2.45, 2.75) is 32.4 Å². The molecule has 1 amide bonds. The lowest BCUT2D eigenvalue weighted by molar-refractivity contribution is 0.130. The second-order valence-electron chi connectivity index (χ2n) is 4.41. The van der Waals surface area contributed by atoms with Crippen molar-refractivity contribution in [2.75, 3.05) is 0 Å². The van der Waals surface area contributed by atoms with Gasteiger partial charge in [0, 0.05) is 0 Å². The molecule has 0 radical (unpaired) electrons. The number of alkyl carbamates (subject to hydrolysis) is 1.